The quantitative estimate of drug-likeness (QED) is 0.335. The smallest absolute Gasteiger partial charge is 0.0719 e. The Morgan fingerprint density at radius 1 is 1.75 bits per heavy atom. The van der Waals surface area contributed by atoms with E-state index in [0.717, 1.165) is 6.26 Å². The SMILES string of the molecule is C=CO.P. The zero-order valence-electron chi connectivity index (χ0n) is 2.44. The third kappa shape index (κ3) is 2060. The van der Waals surface area contributed by atoms with Crippen LogP contribution in [0.1, 0.15) is 0 Å². The van der Waals surface area contributed by atoms with Crippen LogP contribution in [0, 0.1) is 0 Å². The molecule has 0 aliphatic carbocycles. The lowest BCUT2D eigenvalue weighted by molar-refractivity contribution is 0.476. The molecule has 0 radical (unpaired) electrons. The highest BCUT2D eigenvalue weighted by molar-refractivity contribution is 6.92. The van der Waals surface area contributed by atoms with Crippen molar-refractivity contribution in [2.24, 2.45) is 0 Å². The average molecular weight is 78.1 g/mol. The maximum Gasteiger partial charge on any atom is 0.0719 e. The molecule has 0 saturated heterocycles. The molecule has 0 bridgehead atoms. The van der Waals surface area contributed by atoms with Crippen molar-refractivity contribution in [3.8, 4) is 0 Å². The maximum absolute atomic E-state index is 7.33. The summed E-state index contributed by atoms with van der Waals surface area (Å²) in [6.07, 6.45) is 0.750. The van der Waals surface area contributed by atoms with E-state index < -0.39 is 0 Å². The van der Waals surface area contributed by atoms with Gasteiger partial charge in [-0.1, -0.05) is 6.58 Å². The van der Waals surface area contributed by atoms with Gasteiger partial charge < -0.3 is 5.11 Å². The summed E-state index contributed by atoms with van der Waals surface area (Å²) >= 11 is 0. The van der Waals surface area contributed by atoms with Crippen LogP contribution in [-0.2, 0) is 0 Å². The summed E-state index contributed by atoms with van der Waals surface area (Å²) < 4.78 is 0. The van der Waals surface area contributed by atoms with Crippen LogP contribution in [0.4, 0.5) is 0 Å². The molecule has 0 rings (SSSR count). The Bertz CT molecular complexity index is 13.5. The van der Waals surface area contributed by atoms with Gasteiger partial charge in [-0.3, -0.25) is 0 Å². The fourth-order valence-electron chi connectivity index (χ4n) is 0. The van der Waals surface area contributed by atoms with Crippen molar-refractivity contribution in [2.45, 2.75) is 0 Å². The first kappa shape index (κ1) is 9.02. The highest BCUT2D eigenvalue weighted by Crippen LogP contribution is 1.26. The van der Waals surface area contributed by atoms with Gasteiger partial charge in [0.2, 0.25) is 0 Å². The highest BCUT2D eigenvalue weighted by atomic mass is 31.0. The summed E-state index contributed by atoms with van der Waals surface area (Å²) in [5, 5.41) is 7.33. The number of rotatable bonds is 0. The number of hydrogen-bond donors (Lipinski definition) is 1. The summed E-state index contributed by atoms with van der Waals surface area (Å²) in [4.78, 5) is 0. The Kier molecular flexibility index (Phi) is 27.6. The van der Waals surface area contributed by atoms with Crippen molar-refractivity contribution in [3.05, 3.63) is 12.8 Å². The van der Waals surface area contributed by atoms with Crippen molar-refractivity contribution in [2.75, 3.05) is 0 Å². The molecule has 0 aliphatic rings. The third-order valence-electron chi connectivity index (χ3n) is 0. The van der Waals surface area contributed by atoms with Crippen LogP contribution in [0.2, 0.25) is 0 Å². The second-order valence-corrected chi connectivity index (χ2v) is 0.183. The van der Waals surface area contributed by atoms with Gasteiger partial charge in [0, 0.05) is 0 Å². The molecule has 0 heterocycles. The second kappa shape index (κ2) is 12.3. The summed E-state index contributed by atoms with van der Waals surface area (Å²) in [5.41, 5.74) is 0. The summed E-state index contributed by atoms with van der Waals surface area (Å²) in [7, 11) is 0. The maximum atomic E-state index is 7.33. The predicted octanol–water partition coefficient (Wildman–Crippen LogP) is 0.746. The largest absolute Gasteiger partial charge is 0.516 e. The van der Waals surface area contributed by atoms with Crippen molar-refractivity contribution in [3.63, 3.8) is 0 Å². The first-order valence-electron chi connectivity index (χ1n) is 0.666. The van der Waals surface area contributed by atoms with Gasteiger partial charge in [0.1, 0.15) is 0 Å². The average Bonchev–Trinajstić information content (AvgIpc) is 0.918. The van der Waals surface area contributed by atoms with Gasteiger partial charge in [-0.15, -0.1) is 0 Å². The van der Waals surface area contributed by atoms with E-state index in [0.29, 0.717) is 0 Å². The van der Waals surface area contributed by atoms with Crippen LogP contribution in [0.25, 0.3) is 0 Å². The molecule has 1 unspecified atom stereocenters. The molecule has 0 saturated carbocycles. The van der Waals surface area contributed by atoms with Crippen LogP contribution in [0.3, 0.4) is 0 Å². The topological polar surface area (TPSA) is 20.2 Å². The van der Waals surface area contributed by atoms with Gasteiger partial charge in [0.05, 0.1) is 6.26 Å². The Balaban J connectivity index is 0. The third-order valence-corrected chi connectivity index (χ3v) is 0. The normalized spacial score (nSPS) is 3.00. The van der Waals surface area contributed by atoms with Gasteiger partial charge in [-0.2, -0.15) is 9.90 Å². The molecule has 0 aromatic rings. The Hall–Kier alpha value is -0.0300. The molecule has 4 heavy (non-hydrogen) atoms. The van der Waals surface area contributed by atoms with Crippen molar-refractivity contribution in [1.29, 1.82) is 0 Å². The minimum atomic E-state index is 0. The Morgan fingerprint density at radius 3 is 1.75 bits per heavy atom. The molecule has 0 aromatic heterocycles. The molecule has 0 aliphatic heterocycles. The van der Waals surface area contributed by atoms with Crippen molar-refractivity contribution < 1.29 is 5.11 Å². The summed E-state index contributed by atoms with van der Waals surface area (Å²) in [6, 6.07) is 0. The molecule has 1 atom stereocenters. The lowest BCUT2D eigenvalue weighted by atomic mass is 11.2. The molecule has 0 amide bonds. The van der Waals surface area contributed by atoms with E-state index in [9.17, 15) is 0 Å². The number of aliphatic hydroxyl groups excluding tert-OH is 1. The van der Waals surface area contributed by atoms with Crippen LogP contribution in [-0.4, -0.2) is 5.11 Å². The molecule has 0 fully saturated rings. The van der Waals surface area contributed by atoms with E-state index >= 15 is 0 Å². The first-order chi connectivity index (χ1) is 1.41. The number of aliphatic hydroxyl groups is 1. The Morgan fingerprint density at radius 2 is 1.75 bits per heavy atom. The van der Waals surface area contributed by atoms with Gasteiger partial charge in [-0.05, 0) is 0 Å². The fourth-order valence-corrected chi connectivity index (χ4v) is 0. The molecule has 26 valence electrons. The van der Waals surface area contributed by atoms with Crippen molar-refractivity contribution in [1.82, 2.24) is 0 Å². The minimum Gasteiger partial charge on any atom is -0.516 e. The second-order valence-electron chi connectivity index (χ2n) is 0.183. The van der Waals surface area contributed by atoms with E-state index in [-0.39, 0.29) is 9.90 Å². The van der Waals surface area contributed by atoms with E-state index in [1.807, 2.05) is 0 Å². The van der Waals surface area contributed by atoms with Gasteiger partial charge >= 0.3 is 0 Å². The zero-order valence-corrected chi connectivity index (χ0v) is 3.85. The summed E-state index contributed by atoms with van der Waals surface area (Å²) in [5.74, 6) is 0. The predicted molar refractivity (Wildman–Crippen MR) is 23.9 cm³/mol. The molecular weight excluding hydrogens is 71.0 g/mol. The molecule has 0 aromatic carbocycles. The van der Waals surface area contributed by atoms with Crippen molar-refractivity contribution >= 4 is 9.90 Å². The molecule has 1 N–H and O–H groups in total. The fraction of sp³-hybridized carbons (Fsp3) is 0. The van der Waals surface area contributed by atoms with Crippen LogP contribution in [0.15, 0.2) is 12.8 Å². The molecule has 2 heteroatoms. The first-order valence-corrected chi connectivity index (χ1v) is 0.666. The van der Waals surface area contributed by atoms with E-state index in [1.54, 1.807) is 0 Å². The van der Waals surface area contributed by atoms with Gasteiger partial charge in [0.25, 0.3) is 0 Å². The lowest BCUT2D eigenvalue weighted by Crippen LogP contribution is -1.25. The minimum absolute atomic E-state index is 0. The standard InChI is InChI=1S/C2H4O.H3P/c1-2-3;/h2-3H,1H2;1H3. The lowest BCUT2D eigenvalue weighted by Gasteiger charge is -1.41. The van der Waals surface area contributed by atoms with E-state index in [1.165, 1.54) is 0 Å². The van der Waals surface area contributed by atoms with E-state index in [2.05, 4.69) is 6.58 Å². The molecular formula is C2H7OP. The Labute approximate surface area is 29.0 Å². The monoisotopic (exact) mass is 78.0 g/mol. The van der Waals surface area contributed by atoms with E-state index in [4.69, 9.17) is 5.11 Å². The van der Waals surface area contributed by atoms with Crippen LogP contribution in [0.5, 0.6) is 0 Å². The van der Waals surface area contributed by atoms with Crippen LogP contribution >= 0.6 is 9.90 Å². The molecule has 0 spiro atoms. The van der Waals surface area contributed by atoms with Gasteiger partial charge in [0.15, 0.2) is 0 Å². The van der Waals surface area contributed by atoms with Gasteiger partial charge in [-0.25, -0.2) is 0 Å². The molecule has 1 nitrogen and oxygen atoms in total. The summed E-state index contributed by atoms with van der Waals surface area (Å²) in [6.45, 7) is 2.92. The van der Waals surface area contributed by atoms with Crippen LogP contribution < -0.4 is 0 Å². The highest BCUT2D eigenvalue weighted by Gasteiger charge is 1.11. The number of hydrogen-bond acceptors (Lipinski definition) is 1. The zero-order chi connectivity index (χ0) is 2.71.